The molecule has 1 amide bonds. The Morgan fingerprint density at radius 3 is 2.31 bits per heavy atom. The molecule has 1 fully saturated rings. The Balaban J connectivity index is 1.08. The van der Waals surface area contributed by atoms with E-state index in [1.807, 2.05) is 12.1 Å². The highest BCUT2D eigenvalue weighted by atomic mass is 32.2. The summed E-state index contributed by atoms with van der Waals surface area (Å²) in [6.45, 7) is 3.23. The van der Waals surface area contributed by atoms with Gasteiger partial charge in [-0.2, -0.15) is 31.3 Å². The summed E-state index contributed by atoms with van der Waals surface area (Å²) in [5.74, 6) is -0.130. The van der Waals surface area contributed by atoms with Gasteiger partial charge in [0.05, 0.1) is 23.1 Å². The number of nitrogens with zero attached hydrogens (tertiary/aromatic N) is 3. The van der Waals surface area contributed by atoms with E-state index >= 15 is 0 Å². The number of hydrogen-bond acceptors (Lipinski definition) is 6. The summed E-state index contributed by atoms with van der Waals surface area (Å²) in [5, 5.41) is 3.07. The smallest absolute Gasteiger partial charge is 0.416 e. The third-order valence-corrected chi connectivity index (χ3v) is 9.18. The van der Waals surface area contributed by atoms with E-state index in [9.17, 15) is 31.1 Å². The first-order valence-electron chi connectivity index (χ1n) is 14.9. The number of fused-ring (bicyclic) bond motifs is 1. The van der Waals surface area contributed by atoms with Gasteiger partial charge in [0.2, 0.25) is 0 Å². The first-order valence-corrected chi connectivity index (χ1v) is 15.8. The van der Waals surface area contributed by atoms with Gasteiger partial charge in [0.15, 0.2) is 16.7 Å². The summed E-state index contributed by atoms with van der Waals surface area (Å²) >= 11 is 1.27. The monoisotopic (exact) mass is 685 g/mol. The second kappa shape index (κ2) is 13.6. The summed E-state index contributed by atoms with van der Waals surface area (Å²) in [7, 11) is 1.34. The molecule has 4 aromatic rings. The number of methoxy groups -OCH3 is 1. The second-order valence-electron chi connectivity index (χ2n) is 11.3. The molecule has 6 nitrogen and oxygen atoms in total. The molecule has 6 rings (SSSR count). The molecule has 0 atom stereocenters. The van der Waals surface area contributed by atoms with Crippen LogP contribution in [0.2, 0.25) is 0 Å². The lowest BCUT2D eigenvalue weighted by Crippen LogP contribution is -2.47. The molecule has 0 bridgehead atoms. The van der Waals surface area contributed by atoms with Gasteiger partial charge in [-0.05, 0) is 64.0 Å². The number of ether oxygens (including phenoxy) is 2. The SMILES string of the molecule is COc1cc(/C=C2\SC(N3CCN(Cc4cccc5ccccc45)CC3)=NC2=O)ccc1OCc1ccc(C(F)(F)F)cc1C(F)(F)F. The topological polar surface area (TPSA) is 54.4 Å². The number of carbonyl (C=O) groups excluding carboxylic acids is 1. The van der Waals surface area contributed by atoms with Crippen molar-refractivity contribution in [2.45, 2.75) is 25.5 Å². The zero-order chi connectivity index (χ0) is 34.1. The molecule has 250 valence electrons. The van der Waals surface area contributed by atoms with E-state index in [2.05, 4.69) is 45.1 Å². The molecule has 48 heavy (non-hydrogen) atoms. The maximum Gasteiger partial charge on any atom is 0.416 e. The predicted octanol–water partition coefficient (Wildman–Crippen LogP) is 8.25. The highest BCUT2D eigenvalue weighted by molar-refractivity contribution is 8.18. The summed E-state index contributed by atoms with van der Waals surface area (Å²) in [6, 6.07) is 20.7. The average molecular weight is 686 g/mol. The molecule has 0 unspecified atom stereocenters. The maximum atomic E-state index is 13.6. The minimum atomic E-state index is -5.02. The molecule has 4 aromatic carbocycles. The van der Waals surface area contributed by atoms with Gasteiger partial charge in [0, 0.05) is 38.3 Å². The quantitative estimate of drug-likeness (QED) is 0.144. The number of alkyl halides is 6. The first kappa shape index (κ1) is 33.4. The minimum Gasteiger partial charge on any atom is -0.493 e. The van der Waals surface area contributed by atoms with Crippen LogP contribution in [0.1, 0.15) is 27.8 Å². The summed E-state index contributed by atoms with van der Waals surface area (Å²) in [6.07, 6.45) is -8.30. The van der Waals surface area contributed by atoms with Crippen LogP contribution in [-0.2, 0) is 30.3 Å². The van der Waals surface area contributed by atoms with Crippen LogP contribution in [0.15, 0.2) is 88.8 Å². The maximum absolute atomic E-state index is 13.6. The van der Waals surface area contributed by atoms with Crippen molar-refractivity contribution in [3.8, 4) is 11.5 Å². The molecule has 2 aliphatic heterocycles. The van der Waals surface area contributed by atoms with Crippen LogP contribution in [-0.4, -0.2) is 54.2 Å². The summed E-state index contributed by atoms with van der Waals surface area (Å²) < 4.78 is 90.7. The standard InChI is InChI=1S/C35H29F6N3O3S/c1-46-30-17-22(9-12-29(30)47-21-25-10-11-26(34(36,37)38)19-28(25)35(39,40)41)18-31-32(45)42-33(48-31)44-15-13-43(14-16-44)20-24-7-4-6-23-5-2-3-8-27(23)24/h2-12,17-19H,13-16,20-21H2,1H3/b31-18-. The Bertz CT molecular complexity index is 1890. The van der Waals surface area contributed by atoms with Gasteiger partial charge in [-0.25, -0.2) is 0 Å². The fourth-order valence-corrected chi connectivity index (χ4v) is 6.61. The number of amides is 1. The van der Waals surface area contributed by atoms with Crippen molar-refractivity contribution in [3.63, 3.8) is 0 Å². The Morgan fingerprint density at radius 1 is 0.833 bits per heavy atom. The van der Waals surface area contributed by atoms with E-state index in [-0.39, 0.29) is 23.5 Å². The lowest BCUT2D eigenvalue weighted by atomic mass is 10.0. The number of aliphatic imine (C=N–C) groups is 1. The van der Waals surface area contributed by atoms with Crippen molar-refractivity contribution < 1.29 is 40.6 Å². The normalized spacial score (nSPS) is 16.9. The van der Waals surface area contributed by atoms with E-state index in [0.29, 0.717) is 34.8 Å². The van der Waals surface area contributed by atoms with Gasteiger partial charge in [0.25, 0.3) is 5.91 Å². The van der Waals surface area contributed by atoms with Crippen molar-refractivity contribution in [1.29, 1.82) is 0 Å². The summed E-state index contributed by atoms with van der Waals surface area (Å²) in [5.41, 5.74) is -1.46. The molecule has 0 radical (unpaired) electrons. The lowest BCUT2D eigenvalue weighted by Gasteiger charge is -2.35. The highest BCUT2D eigenvalue weighted by Crippen LogP contribution is 2.39. The average Bonchev–Trinajstić information content (AvgIpc) is 3.43. The fraction of sp³-hybridized carbons (Fsp3) is 0.257. The van der Waals surface area contributed by atoms with E-state index in [1.165, 1.54) is 41.3 Å². The Hall–Kier alpha value is -4.49. The minimum absolute atomic E-state index is 0.0735. The molecule has 0 spiro atoms. The molecule has 0 saturated carbocycles. The van der Waals surface area contributed by atoms with Crippen LogP contribution in [0.3, 0.4) is 0 Å². The number of benzene rings is 4. The number of halogens is 6. The Kier molecular flexibility index (Phi) is 9.44. The molecule has 13 heteroatoms. The van der Waals surface area contributed by atoms with Gasteiger partial charge in [-0.15, -0.1) is 0 Å². The molecule has 2 aliphatic rings. The number of carbonyl (C=O) groups is 1. The van der Waals surface area contributed by atoms with E-state index in [0.717, 1.165) is 25.7 Å². The van der Waals surface area contributed by atoms with Crippen LogP contribution >= 0.6 is 11.8 Å². The van der Waals surface area contributed by atoms with E-state index in [4.69, 9.17) is 9.47 Å². The number of rotatable bonds is 7. The van der Waals surface area contributed by atoms with Gasteiger partial charge >= 0.3 is 12.4 Å². The van der Waals surface area contributed by atoms with Crippen molar-refractivity contribution in [2.24, 2.45) is 4.99 Å². The molecule has 0 N–H and O–H groups in total. The number of thioether (sulfide) groups is 1. The van der Waals surface area contributed by atoms with Crippen LogP contribution < -0.4 is 9.47 Å². The third-order valence-electron chi connectivity index (χ3n) is 8.14. The fourth-order valence-electron chi connectivity index (χ4n) is 5.64. The zero-order valence-electron chi connectivity index (χ0n) is 25.6. The third kappa shape index (κ3) is 7.47. The number of piperazine rings is 1. The van der Waals surface area contributed by atoms with Gasteiger partial charge < -0.3 is 14.4 Å². The van der Waals surface area contributed by atoms with Crippen LogP contribution in [0, 0.1) is 0 Å². The van der Waals surface area contributed by atoms with Crippen molar-refractivity contribution >= 4 is 39.7 Å². The van der Waals surface area contributed by atoms with Crippen LogP contribution in [0.5, 0.6) is 11.5 Å². The highest BCUT2D eigenvalue weighted by Gasteiger charge is 2.38. The van der Waals surface area contributed by atoms with Crippen molar-refractivity contribution in [2.75, 3.05) is 33.3 Å². The zero-order valence-corrected chi connectivity index (χ0v) is 26.4. The predicted molar refractivity (Wildman–Crippen MR) is 173 cm³/mol. The second-order valence-corrected chi connectivity index (χ2v) is 12.3. The molecule has 2 heterocycles. The van der Waals surface area contributed by atoms with Crippen LogP contribution in [0.25, 0.3) is 16.8 Å². The lowest BCUT2D eigenvalue weighted by molar-refractivity contribution is -0.143. The Labute approximate surface area is 276 Å². The van der Waals surface area contributed by atoms with Crippen molar-refractivity contribution in [1.82, 2.24) is 9.80 Å². The largest absolute Gasteiger partial charge is 0.493 e. The van der Waals surface area contributed by atoms with E-state index in [1.54, 1.807) is 18.2 Å². The number of hydrogen-bond donors (Lipinski definition) is 0. The molecule has 1 saturated heterocycles. The number of amidine groups is 1. The molecule has 0 aromatic heterocycles. The van der Waals surface area contributed by atoms with Gasteiger partial charge in [-0.3, -0.25) is 9.69 Å². The van der Waals surface area contributed by atoms with Gasteiger partial charge in [-0.1, -0.05) is 54.6 Å². The van der Waals surface area contributed by atoms with Gasteiger partial charge in [0.1, 0.15) is 6.61 Å². The summed E-state index contributed by atoms with van der Waals surface area (Å²) in [4.78, 5) is 22.0. The molecular weight excluding hydrogens is 656 g/mol. The van der Waals surface area contributed by atoms with Crippen molar-refractivity contribution in [3.05, 3.63) is 112 Å². The Morgan fingerprint density at radius 2 is 1.58 bits per heavy atom. The van der Waals surface area contributed by atoms with E-state index < -0.39 is 35.6 Å². The van der Waals surface area contributed by atoms with Crippen LogP contribution in [0.4, 0.5) is 26.3 Å². The molecule has 0 aliphatic carbocycles. The molecular formula is C35H29F6N3O3S. The first-order chi connectivity index (χ1) is 22.9.